The molecule has 0 aromatic heterocycles. The zero-order valence-corrected chi connectivity index (χ0v) is 11.6. The predicted molar refractivity (Wildman–Crippen MR) is 78.7 cm³/mol. The van der Waals surface area contributed by atoms with E-state index in [-0.39, 0.29) is 11.5 Å². The van der Waals surface area contributed by atoms with Gasteiger partial charge in [-0.15, -0.1) is 0 Å². The van der Waals surface area contributed by atoms with E-state index in [0.717, 1.165) is 0 Å². The summed E-state index contributed by atoms with van der Waals surface area (Å²) < 4.78 is 5.29. The maximum atomic E-state index is 11.7. The molecule has 0 saturated heterocycles. The van der Waals surface area contributed by atoms with E-state index in [0.29, 0.717) is 18.0 Å². The molecule has 1 rings (SSSR count). The molecule has 5 heteroatoms. The lowest BCUT2D eigenvalue weighted by atomic mass is 10.1. The van der Waals surface area contributed by atoms with E-state index in [2.05, 4.69) is 5.32 Å². The third-order valence-corrected chi connectivity index (χ3v) is 2.38. The Bertz CT molecular complexity index is 548. The summed E-state index contributed by atoms with van der Waals surface area (Å²) >= 11 is 0. The van der Waals surface area contributed by atoms with Crippen LogP contribution in [0.15, 0.2) is 42.5 Å². The fraction of sp³-hybridized carbons (Fsp3) is 0.200. The lowest BCUT2D eigenvalue weighted by Crippen LogP contribution is -2.17. The van der Waals surface area contributed by atoms with Crippen molar-refractivity contribution in [2.24, 2.45) is 5.73 Å². The van der Waals surface area contributed by atoms with E-state index in [1.807, 2.05) is 13.8 Å². The average molecular weight is 274 g/mol. The molecule has 0 heterocycles. The molecule has 2 amide bonds. The quantitative estimate of drug-likeness (QED) is 0.616. The van der Waals surface area contributed by atoms with Crippen LogP contribution < -0.4 is 15.8 Å². The highest BCUT2D eigenvalue weighted by atomic mass is 16.5. The molecule has 1 aromatic rings. The standard InChI is InChI=1S/C15H18N2O3/c1-3-5-6-7-14(18)17-13-9-8-11(20-4-2)10-12(13)15(16)19/h3,5-10H,4H2,1-2H3,(H2,16,19)(H,17,18)/b5-3+,7-6-. The fourth-order valence-corrected chi connectivity index (χ4v) is 1.52. The first-order chi connectivity index (χ1) is 9.58. The zero-order valence-electron chi connectivity index (χ0n) is 11.6. The number of nitrogens with two attached hydrogens (primary N) is 1. The van der Waals surface area contributed by atoms with Crippen LogP contribution in [0.4, 0.5) is 5.69 Å². The minimum Gasteiger partial charge on any atom is -0.494 e. The van der Waals surface area contributed by atoms with Crippen molar-refractivity contribution in [2.75, 3.05) is 11.9 Å². The van der Waals surface area contributed by atoms with Crippen LogP contribution in [-0.2, 0) is 4.79 Å². The van der Waals surface area contributed by atoms with Gasteiger partial charge in [0.05, 0.1) is 17.9 Å². The summed E-state index contributed by atoms with van der Waals surface area (Å²) in [5, 5.41) is 2.60. The van der Waals surface area contributed by atoms with E-state index >= 15 is 0 Å². The normalized spacial score (nSPS) is 10.9. The van der Waals surface area contributed by atoms with Crippen molar-refractivity contribution in [2.45, 2.75) is 13.8 Å². The molecule has 0 spiro atoms. The summed E-state index contributed by atoms with van der Waals surface area (Å²) in [5.41, 5.74) is 5.87. The molecule has 0 aliphatic heterocycles. The molecule has 0 aliphatic carbocycles. The average Bonchev–Trinajstić information content (AvgIpc) is 2.41. The second-order valence-electron chi connectivity index (χ2n) is 3.88. The second-order valence-corrected chi connectivity index (χ2v) is 3.88. The second kappa shape index (κ2) is 7.78. The Balaban J connectivity index is 2.94. The van der Waals surface area contributed by atoms with Crippen LogP contribution in [0, 0.1) is 0 Å². The number of allylic oxidation sites excluding steroid dienone is 3. The lowest BCUT2D eigenvalue weighted by molar-refractivity contribution is -0.111. The number of hydrogen-bond donors (Lipinski definition) is 2. The summed E-state index contributed by atoms with van der Waals surface area (Å²) in [6, 6.07) is 4.77. The van der Waals surface area contributed by atoms with Crippen molar-refractivity contribution in [3.05, 3.63) is 48.1 Å². The first-order valence-electron chi connectivity index (χ1n) is 6.25. The van der Waals surface area contributed by atoms with Crippen molar-refractivity contribution in [3.8, 4) is 5.75 Å². The molecule has 3 N–H and O–H groups in total. The van der Waals surface area contributed by atoms with E-state index in [1.165, 1.54) is 12.1 Å². The Kier molecular flexibility index (Phi) is 6.03. The molecule has 0 aliphatic rings. The van der Waals surface area contributed by atoms with Crippen molar-refractivity contribution >= 4 is 17.5 Å². The molecule has 5 nitrogen and oxygen atoms in total. The highest BCUT2D eigenvalue weighted by Gasteiger charge is 2.11. The van der Waals surface area contributed by atoms with E-state index in [9.17, 15) is 9.59 Å². The van der Waals surface area contributed by atoms with Crippen molar-refractivity contribution < 1.29 is 14.3 Å². The van der Waals surface area contributed by atoms with Crippen LogP contribution in [0.1, 0.15) is 24.2 Å². The first kappa shape index (κ1) is 15.5. The monoisotopic (exact) mass is 274 g/mol. The summed E-state index contributed by atoms with van der Waals surface area (Å²) in [5.74, 6) is -0.433. The number of nitrogens with one attached hydrogen (secondary N) is 1. The van der Waals surface area contributed by atoms with Gasteiger partial charge in [0.1, 0.15) is 5.75 Å². The largest absolute Gasteiger partial charge is 0.494 e. The SMILES string of the molecule is C/C=C/C=C\C(=O)Nc1ccc(OCC)cc1C(N)=O. The van der Waals surface area contributed by atoms with E-state index in [1.54, 1.807) is 30.4 Å². The van der Waals surface area contributed by atoms with Gasteiger partial charge in [-0.05, 0) is 32.0 Å². The van der Waals surface area contributed by atoms with Crippen LogP contribution in [-0.4, -0.2) is 18.4 Å². The Morgan fingerprint density at radius 2 is 2.10 bits per heavy atom. The van der Waals surface area contributed by atoms with Gasteiger partial charge in [0, 0.05) is 6.08 Å². The molecular formula is C15H18N2O3. The predicted octanol–water partition coefficient (Wildman–Crippen LogP) is 2.26. The fourth-order valence-electron chi connectivity index (χ4n) is 1.52. The van der Waals surface area contributed by atoms with Gasteiger partial charge >= 0.3 is 0 Å². The van der Waals surface area contributed by atoms with Crippen molar-refractivity contribution in [1.82, 2.24) is 0 Å². The number of primary amides is 1. The number of benzene rings is 1. The van der Waals surface area contributed by atoms with Crippen LogP contribution in [0.2, 0.25) is 0 Å². The molecule has 0 fully saturated rings. The highest BCUT2D eigenvalue weighted by Crippen LogP contribution is 2.22. The molecule has 1 aromatic carbocycles. The molecular weight excluding hydrogens is 256 g/mol. The summed E-state index contributed by atoms with van der Waals surface area (Å²) in [4.78, 5) is 23.1. The van der Waals surface area contributed by atoms with Crippen LogP contribution in [0.25, 0.3) is 0 Å². The van der Waals surface area contributed by atoms with E-state index in [4.69, 9.17) is 10.5 Å². The summed E-state index contributed by atoms with van der Waals surface area (Å²) in [7, 11) is 0. The number of hydrogen-bond acceptors (Lipinski definition) is 3. The minimum absolute atomic E-state index is 0.212. The molecule has 0 radical (unpaired) electrons. The topological polar surface area (TPSA) is 81.4 Å². The number of carbonyl (C=O) groups is 2. The maximum absolute atomic E-state index is 11.7. The highest BCUT2D eigenvalue weighted by molar-refractivity contribution is 6.06. The molecule has 0 bridgehead atoms. The number of ether oxygens (including phenoxy) is 1. The number of anilines is 1. The van der Waals surface area contributed by atoms with Gasteiger partial charge in [0.2, 0.25) is 5.91 Å². The van der Waals surface area contributed by atoms with Crippen molar-refractivity contribution in [3.63, 3.8) is 0 Å². The Morgan fingerprint density at radius 1 is 1.35 bits per heavy atom. The van der Waals surface area contributed by atoms with Gasteiger partial charge in [0.15, 0.2) is 0 Å². The maximum Gasteiger partial charge on any atom is 0.250 e. The third-order valence-electron chi connectivity index (χ3n) is 2.38. The molecule has 0 atom stereocenters. The number of amides is 2. The van der Waals surface area contributed by atoms with Gasteiger partial charge in [-0.2, -0.15) is 0 Å². The van der Waals surface area contributed by atoms with Gasteiger partial charge in [-0.1, -0.05) is 18.2 Å². The van der Waals surface area contributed by atoms with Crippen LogP contribution in [0.5, 0.6) is 5.75 Å². The van der Waals surface area contributed by atoms with Gasteiger partial charge in [-0.3, -0.25) is 9.59 Å². The smallest absolute Gasteiger partial charge is 0.250 e. The van der Waals surface area contributed by atoms with Crippen LogP contribution in [0.3, 0.4) is 0 Å². The van der Waals surface area contributed by atoms with Crippen LogP contribution >= 0.6 is 0 Å². The summed E-state index contributed by atoms with van der Waals surface area (Å²) in [6.45, 7) is 4.17. The summed E-state index contributed by atoms with van der Waals surface area (Å²) in [6.07, 6.45) is 6.50. The minimum atomic E-state index is -0.626. The zero-order chi connectivity index (χ0) is 15.0. The number of rotatable bonds is 6. The first-order valence-corrected chi connectivity index (χ1v) is 6.25. The Labute approximate surface area is 118 Å². The van der Waals surface area contributed by atoms with Gasteiger partial charge < -0.3 is 15.8 Å². The number of carbonyl (C=O) groups excluding carboxylic acids is 2. The Hall–Kier alpha value is -2.56. The van der Waals surface area contributed by atoms with Crippen molar-refractivity contribution in [1.29, 1.82) is 0 Å². The molecule has 106 valence electrons. The molecule has 20 heavy (non-hydrogen) atoms. The Morgan fingerprint density at radius 3 is 2.70 bits per heavy atom. The third kappa shape index (κ3) is 4.61. The molecule has 0 unspecified atom stereocenters. The van der Waals surface area contributed by atoms with Gasteiger partial charge in [-0.25, -0.2) is 0 Å². The van der Waals surface area contributed by atoms with E-state index < -0.39 is 5.91 Å². The van der Waals surface area contributed by atoms with Gasteiger partial charge in [0.25, 0.3) is 5.91 Å². The molecule has 0 saturated carbocycles. The lowest BCUT2D eigenvalue weighted by Gasteiger charge is -2.10.